The van der Waals surface area contributed by atoms with Crippen molar-refractivity contribution in [1.29, 1.82) is 0 Å². The Morgan fingerprint density at radius 2 is 0.291 bits per heavy atom. The Balaban J connectivity index is 0.000000145. The van der Waals surface area contributed by atoms with E-state index in [1.54, 1.807) is 0 Å². The van der Waals surface area contributed by atoms with Gasteiger partial charge in [-0.25, -0.2) is 0 Å². The summed E-state index contributed by atoms with van der Waals surface area (Å²) in [5.41, 5.74) is 22.1. The predicted molar refractivity (Wildman–Crippen MR) is 363 cm³/mol. The first kappa shape index (κ1) is 57.7. The molecule has 0 aliphatic heterocycles. The predicted octanol–water partition coefficient (Wildman–Crippen LogP) is 19.3. The Morgan fingerprint density at radius 1 is 0.151 bits per heavy atom. The largest absolute Gasteiger partial charge is 0.0617 e. The van der Waals surface area contributed by atoms with Gasteiger partial charge in [0.2, 0.25) is 0 Å². The fourth-order valence-electron chi connectivity index (χ4n) is 9.19. The van der Waals surface area contributed by atoms with Crippen LogP contribution in [0.25, 0.3) is 32.7 Å². The number of hydrogen-bond donors (Lipinski definition) is 0. The molecule has 0 N–H and O–H groups in total. The van der Waals surface area contributed by atoms with E-state index in [4.69, 9.17) is 0 Å². The summed E-state index contributed by atoms with van der Waals surface area (Å²) in [5.74, 6) is 39.3. The first-order valence-electron chi connectivity index (χ1n) is 28.8. The van der Waals surface area contributed by atoms with Gasteiger partial charge in [0.05, 0.1) is 0 Å². The Kier molecular flexibility index (Phi) is 19.1. The molecule has 0 nitrogen and oxygen atoms in total. The zero-order valence-corrected chi connectivity index (χ0v) is 49.4. The molecular formula is C86H62. The summed E-state index contributed by atoms with van der Waals surface area (Å²) >= 11 is 0. The minimum Gasteiger partial charge on any atom is -0.0617 e. The molecule has 86 heavy (non-hydrogen) atoms. The van der Waals surface area contributed by atoms with Crippen LogP contribution in [-0.2, 0) is 0 Å². The van der Waals surface area contributed by atoms with E-state index in [1.807, 2.05) is 48.5 Å². The molecule has 0 atom stereocenters. The van der Waals surface area contributed by atoms with Crippen LogP contribution in [0.4, 0.5) is 0 Å². The molecule has 0 aliphatic rings. The zero-order valence-electron chi connectivity index (χ0n) is 49.4. The summed E-state index contributed by atoms with van der Waals surface area (Å²) in [6.45, 7) is 12.5. The first-order chi connectivity index (χ1) is 42.0. The van der Waals surface area contributed by atoms with Crippen LogP contribution in [0.5, 0.6) is 0 Å². The maximum atomic E-state index is 3.48. The van der Waals surface area contributed by atoms with Gasteiger partial charge in [0, 0.05) is 66.8 Å². The molecule has 0 saturated heterocycles. The van der Waals surface area contributed by atoms with Crippen LogP contribution in [0.1, 0.15) is 100 Å². The maximum Gasteiger partial charge on any atom is 0.0406 e. The number of benzene rings is 12. The molecule has 0 spiro atoms. The summed E-state index contributed by atoms with van der Waals surface area (Å²) in [6, 6.07) is 91.5. The first-order valence-corrected chi connectivity index (χ1v) is 28.8. The Labute approximate surface area is 509 Å². The Hall–Kier alpha value is -11.5. The van der Waals surface area contributed by atoms with Gasteiger partial charge in [0.1, 0.15) is 0 Å². The third kappa shape index (κ3) is 16.4. The standard InChI is InChI=1S/C32H22.C30H22.C24H18/c1-23-11-15-25(16-12-23)19-21-31-27-7-3-5-9-29(27)32(30-10-6-4-8-28(30)31)22-20-26-17-13-24(2)14-18-26;1-23-3-7-25(8-4-23)11-13-27-15-19-29(20-16-27)30-21-17-28(18-22-30)14-12-26-9-5-24(2)6-10-26;1-19-3-7-21(8-4-19)11-13-23-15-17-24(18-16-23)14-12-22-9-5-20(2)6-10-22/h3-18H,1-2H3;3-10,15-22H,1-2H3;3-10,15-18H,1-2H3. The van der Waals surface area contributed by atoms with E-state index >= 15 is 0 Å². The quantitative estimate of drug-likeness (QED) is 0.114. The third-order valence-electron chi connectivity index (χ3n) is 14.3. The highest BCUT2D eigenvalue weighted by Crippen LogP contribution is 2.32. The summed E-state index contributed by atoms with van der Waals surface area (Å²) in [4.78, 5) is 0. The molecule has 12 rings (SSSR count). The maximum absolute atomic E-state index is 3.48. The Morgan fingerprint density at radius 3 is 0.465 bits per heavy atom. The molecule has 0 aliphatic carbocycles. The number of hydrogen-bond acceptors (Lipinski definition) is 0. The second kappa shape index (κ2) is 28.5. The van der Waals surface area contributed by atoms with Crippen LogP contribution in [0, 0.1) is 113 Å². The van der Waals surface area contributed by atoms with Gasteiger partial charge < -0.3 is 0 Å². The van der Waals surface area contributed by atoms with Crippen molar-refractivity contribution < 1.29 is 0 Å². The van der Waals surface area contributed by atoms with Gasteiger partial charge in [-0.2, -0.15) is 0 Å². The van der Waals surface area contributed by atoms with Crippen molar-refractivity contribution in [1.82, 2.24) is 0 Å². The normalized spacial score (nSPS) is 9.88. The van der Waals surface area contributed by atoms with Gasteiger partial charge in [0.25, 0.3) is 0 Å². The SMILES string of the molecule is Cc1ccc(C#Cc2c3ccccc3c(C#Cc3ccc(C)cc3)c3ccccc23)cc1.Cc1ccc(C#Cc2ccc(-c3ccc(C#Cc4ccc(C)cc4)cc3)cc2)cc1.Cc1ccc(C#Cc2ccc(C#Cc3ccc(C)cc3)cc2)cc1. The van der Waals surface area contributed by atoms with E-state index in [9.17, 15) is 0 Å². The molecule has 0 amide bonds. The van der Waals surface area contributed by atoms with Crippen LogP contribution < -0.4 is 0 Å². The van der Waals surface area contributed by atoms with Crippen LogP contribution in [0.2, 0.25) is 0 Å². The van der Waals surface area contributed by atoms with Crippen molar-refractivity contribution in [3.8, 4) is 82.2 Å². The van der Waals surface area contributed by atoms with Crippen molar-refractivity contribution in [3.63, 3.8) is 0 Å². The van der Waals surface area contributed by atoms with Gasteiger partial charge >= 0.3 is 0 Å². The molecular weight excluding hydrogens is 1030 g/mol. The van der Waals surface area contributed by atoms with Crippen molar-refractivity contribution in [3.05, 3.63) is 367 Å². The molecule has 0 fully saturated rings. The van der Waals surface area contributed by atoms with Gasteiger partial charge in [-0.15, -0.1) is 0 Å². The molecule has 0 heterocycles. The summed E-state index contributed by atoms with van der Waals surface area (Å²) in [7, 11) is 0. The molecule has 0 heteroatoms. The van der Waals surface area contributed by atoms with Crippen molar-refractivity contribution in [2.45, 2.75) is 41.5 Å². The van der Waals surface area contributed by atoms with E-state index in [0.29, 0.717) is 0 Å². The van der Waals surface area contributed by atoms with E-state index in [1.165, 1.54) is 44.5 Å². The number of fused-ring (bicyclic) bond motifs is 2. The molecule has 0 bridgehead atoms. The molecule has 12 aromatic rings. The molecule has 12 aromatic carbocycles. The van der Waals surface area contributed by atoms with E-state index in [-0.39, 0.29) is 0 Å². The van der Waals surface area contributed by atoms with Gasteiger partial charge in [-0.1, -0.05) is 250 Å². The molecule has 0 unspecified atom stereocenters. The van der Waals surface area contributed by atoms with Crippen LogP contribution in [0.15, 0.2) is 267 Å². The van der Waals surface area contributed by atoms with Gasteiger partial charge in [-0.3, -0.25) is 0 Å². The third-order valence-corrected chi connectivity index (χ3v) is 14.3. The molecule has 0 saturated carbocycles. The topological polar surface area (TPSA) is 0 Å². The summed E-state index contributed by atoms with van der Waals surface area (Å²) in [6.07, 6.45) is 0. The second-order valence-corrected chi connectivity index (χ2v) is 21.3. The highest BCUT2D eigenvalue weighted by Gasteiger charge is 2.11. The van der Waals surface area contributed by atoms with E-state index < -0.39 is 0 Å². The van der Waals surface area contributed by atoms with Crippen molar-refractivity contribution in [2.24, 2.45) is 0 Å². The Bertz CT molecular complexity index is 4350. The van der Waals surface area contributed by atoms with Crippen LogP contribution >= 0.6 is 0 Å². The zero-order chi connectivity index (χ0) is 59.5. The highest BCUT2D eigenvalue weighted by atomic mass is 14.1. The van der Waals surface area contributed by atoms with Crippen molar-refractivity contribution >= 4 is 21.5 Å². The fourth-order valence-corrected chi connectivity index (χ4v) is 9.19. The minimum atomic E-state index is 0.997. The molecule has 0 aromatic heterocycles. The lowest BCUT2D eigenvalue weighted by Gasteiger charge is -2.10. The summed E-state index contributed by atoms with van der Waals surface area (Å²) < 4.78 is 0. The highest BCUT2D eigenvalue weighted by molar-refractivity contribution is 6.10. The molecule has 406 valence electrons. The van der Waals surface area contributed by atoms with Crippen LogP contribution in [-0.4, -0.2) is 0 Å². The summed E-state index contributed by atoms with van der Waals surface area (Å²) in [5, 5.41) is 4.55. The average Bonchev–Trinajstić information content (AvgIpc) is 1.36. The smallest absolute Gasteiger partial charge is 0.0406 e. The van der Waals surface area contributed by atoms with Gasteiger partial charge in [0.15, 0.2) is 0 Å². The minimum absolute atomic E-state index is 0.997. The number of aryl methyl sites for hydroxylation is 6. The average molecular weight is 1100 g/mol. The van der Waals surface area contributed by atoms with E-state index in [2.05, 4.69) is 331 Å². The monoisotopic (exact) mass is 1090 g/mol. The van der Waals surface area contributed by atoms with Crippen molar-refractivity contribution in [2.75, 3.05) is 0 Å². The van der Waals surface area contributed by atoms with Crippen LogP contribution in [0.3, 0.4) is 0 Å². The van der Waals surface area contributed by atoms with Gasteiger partial charge in [-0.05, 0) is 196 Å². The van der Waals surface area contributed by atoms with E-state index in [0.717, 1.165) is 88.3 Å². The lowest BCUT2D eigenvalue weighted by Crippen LogP contribution is -1.90. The lowest BCUT2D eigenvalue weighted by molar-refractivity contribution is 1.46. The lowest BCUT2D eigenvalue weighted by atomic mass is 9.92. The second-order valence-electron chi connectivity index (χ2n) is 21.3. The fraction of sp³-hybridized carbons (Fsp3) is 0.0698. The molecule has 0 radical (unpaired) electrons. The number of rotatable bonds is 1.